The Balaban J connectivity index is 1.91. The first kappa shape index (κ1) is 14.4. The van der Waals surface area contributed by atoms with Crippen LogP contribution in [0, 0.1) is 0 Å². The number of hydrogen-bond acceptors (Lipinski definition) is 3. The van der Waals surface area contributed by atoms with Crippen LogP contribution < -0.4 is 10.5 Å². The number of hydrogen-bond donors (Lipinski definition) is 1. The Bertz CT molecular complexity index is 679. The monoisotopic (exact) mass is 297 g/mol. The van der Waals surface area contributed by atoms with Crippen molar-refractivity contribution >= 4 is 6.09 Å². The highest BCUT2D eigenvalue weighted by molar-refractivity contribution is 5.67. The lowest BCUT2D eigenvalue weighted by Crippen LogP contribution is -2.20. The molecule has 4 nitrogen and oxygen atoms in total. The van der Waals surface area contributed by atoms with E-state index in [-0.39, 0.29) is 6.10 Å². The van der Waals surface area contributed by atoms with Crippen LogP contribution in [0.1, 0.15) is 30.1 Å². The number of aryl methyl sites for hydroxylation is 1. The van der Waals surface area contributed by atoms with Gasteiger partial charge in [0.1, 0.15) is 11.9 Å². The van der Waals surface area contributed by atoms with Crippen LogP contribution in [0.5, 0.6) is 5.75 Å². The Hall–Kier alpha value is -2.49. The van der Waals surface area contributed by atoms with Crippen molar-refractivity contribution in [1.29, 1.82) is 0 Å². The molecule has 2 aromatic rings. The first-order valence-electron chi connectivity index (χ1n) is 7.40. The van der Waals surface area contributed by atoms with Gasteiger partial charge in [0.05, 0.1) is 7.11 Å². The zero-order chi connectivity index (χ0) is 15.5. The van der Waals surface area contributed by atoms with Gasteiger partial charge in [0, 0.05) is 0 Å². The van der Waals surface area contributed by atoms with Crippen LogP contribution in [0.4, 0.5) is 4.79 Å². The minimum atomic E-state index is -0.711. The highest BCUT2D eigenvalue weighted by Gasteiger charge is 2.23. The van der Waals surface area contributed by atoms with Gasteiger partial charge in [-0.2, -0.15) is 0 Å². The maximum absolute atomic E-state index is 11.0. The molecular formula is C18H19NO3. The summed E-state index contributed by atoms with van der Waals surface area (Å²) < 4.78 is 10.4. The summed E-state index contributed by atoms with van der Waals surface area (Å²) in [6.45, 7) is 0. The van der Waals surface area contributed by atoms with Gasteiger partial charge >= 0.3 is 6.09 Å². The molecular weight excluding hydrogens is 278 g/mol. The molecule has 0 aliphatic heterocycles. The fourth-order valence-corrected chi connectivity index (χ4v) is 3.00. The largest absolute Gasteiger partial charge is 0.497 e. The van der Waals surface area contributed by atoms with Gasteiger partial charge in [-0.1, -0.05) is 30.3 Å². The first-order chi connectivity index (χ1) is 10.7. The second kappa shape index (κ2) is 6.10. The van der Waals surface area contributed by atoms with E-state index in [1.54, 1.807) is 7.11 Å². The van der Waals surface area contributed by atoms with Gasteiger partial charge in [0.25, 0.3) is 0 Å². The van der Waals surface area contributed by atoms with Gasteiger partial charge in [-0.25, -0.2) is 4.79 Å². The third kappa shape index (κ3) is 2.91. The van der Waals surface area contributed by atoms with E-state index in [2.05, 4.69) is 12.1 Å². The third-order valence-corrected chi connectivity index (χ3v) is 4.08. The summed E-state index contributed by atoms with van der Waals surface area (Å²) in [6, 6.07) is 14.3. The molecule has 22 heavy (non-hydrogen) atoms. The van der Waals surface area contributed by atoms with E-state index in [1.807, 2.05) is 30.3 Å². The van der Waals surface area contributed by atoms with E-state index >= 15 is 0 Å². The lowest BCUT2D eigenvalue weighted by Gasteiger charge is -2.25. The summed E-state index contributed by atoms with van der Waals surface area (Å²) in [7, 11) is 1.66. The molecule has 114 valence electrons. The second-order valence-electron chi connectivity index (χ2n) is 5.46. The van der Waals surface area contributed by atoms with Gasteiger partial charge in [-0.15, -0.1) is 0 Å². The minimum Gasteiger partial charge on any atom is -0.497 e. The molecule has 3 rings (SSSR count). The molecule has 1 amide bonds. The molecule has 2 N–H and O–H groups in total. The van der Waals surface area contributed by atoms with Gasteiger partial charge in [-0.3, -0.25) is 0 Å². The zero-order valence-corrected chi connectivity index (χ0v) is 12.5. The lowest BCUT2D eigenvalue weighted by molar-refractivity contribution is 0.0959. The van der Waals surface area contributed by atoms with Crippen LogP contribution in [0.25, 0.3) is 11.1 Å². The Kier molecular flexibility index (Phi) is 4.00. The fourth-order valence-electron chi connectivity index (χ4n) is 3.00. The number of fused-ring (bicyclic) bond motifs is 1. The third-order valence-electron chi connectivity index (χ3n) is 4.08. The first-order valence-corrected chi connectivity index (χ1v) is 7.40. The number of carbonyl (C=O) groups excluding carboxylic acids is 1. The molecule has 0 spiro atoms. The van der Waals surface area contributed by atoms with Crippen molar-refractivity contribution in [1.82, 2.24) is 0 Å². The number of nitrogens with two attached hydrogens (primary N) is 1. The molecule has 1 atom stereocenters. The number of benzene rings is 2. The average molecular weight is 297 g/mol. The molecule has 0 heterocycles. The van der Waals surface area contributed by atoms with Gasteiger partial charge in [0.15, 0.2) is 0 Å². The molecule has 0 radical (unpaired) electrons. The highest BCUT2D eigenvalue weighted by atomic mass is 16.6. The molecule has 1 aliphatic carbocycles. The molecule has 0 bridgehead atoms. The number of ether oxygens (including phenoxy) is 2. The van der Waals surface area contributed by atoms with Gasteiger partial charge < -0.3 is 15.2 Å². The average Bonchev–Trinajstić information content (AvgIpc) is 2.54. The van der Waals surface area contributed by atoms with Crippen molar-refractivity contribution in [3.8, 4) is 16.9 Å². The van der Waals surface area contributed by atoms with E-state index in [0.29, 0.717) is 0 Å². The van der Waals surface area contributed by atoms with Crippen LogP contribution in [-0.2, 0) is 11.2 Å². The Morgan fingerprint density at radius 1 is 1.14 bits per heavy atom. The Morgan fingerprint density at radius 2 is 1.86 bits per heavy atom. The van der Waals surface area contributed by atoms with Crippen LogP contribution in [0.2, 0.25) is 0 Å². The van der Waals surface area contributed by atoms with Crippen molar-refractivity contribution in [3.63, 3.8) is 0 Å². The quantitative estimate of drug-likeness (QED) is 0.936. The molecule has 1 unspecified atom stereocenters. The van der Waals surface area contributed by atoms with Crippen molar-refractivity contribution in [3.05, 3.63) is 53.6 Å². The molecule has 0 saturated carbocycles. The van der Waals surface area contributed by atoms with E-state index in [1.165, 1.54) is 5.56 Å². The number of primary amides is 1. The topological polar surface area (TPSA) is 61.6 Å². The summed E-state index contributed by atoms with van der Waals surface area (Å²) >= 11 is 0. The fraction of sp³-hybridized carbons (Fsp3) is 0.278. The van der Waals surface area contributed by atoms with Crippen molar-refractivity contribution in [2.45, 2.75) is 25.4 Å². The SMILES string of the molecule is COc1ccc(-c2ccc3c(c2)CCCC3OC(N)=O)cc1. The number of rotatable bonds is 3. The Morgan fingerprint density at radius 3 is 2.55 bits per heavy atom. The van der Waals surface area contributed by atoms with E-state index in [9.17, 15) is 4.79 Å². The van der Waals surface area contributed by atoms with Crippen molar-refractivity contribution < 1.29 is 14.3 Å². The Labute approximate surface area is 129 Å². The standard InChI is InChI=1S/C18H19NO3/c1-21-15-8-5-12(6-9-15)13-7-10-16-14(11-13)3-2-4-17(16)22-18(19)20/h5-11,17H,2-4H2,1H3,(H2,19,20). The maximum atomic E-state index is 11.0. The van der Waals surface area contributed by atoms with Crippen LogP contribution in [0.3, 0.4) is 0 Å². The van der Waals surface area contributed by atoms with Crippen LogP contribution in [-0.4, -0.2) is 13.2 Å². The van der Waals surface area contributed by atoms with E-state index in [0.717, 1.165) is 41.7 Å². The minimum absolute atomic E-state index is 0.217. The zero-order valence-electron chi connectivity index (χ0n) is 12.5. The van der Waals surface area contributed by atoms with Crippen molar-refractivity contribution in [2.75, 3.05) is 7.11 Å². The van der Waals surface area contributed by atoms with Crippen molar-refractivity contribution in [2.24, 2.45) is 5.73 Å². The van der Waals surface area contributed by atoms with E-state index in [4.69, 9.17) is 15.2 Å². The molecule has 0 fully saturated rings. The molecule has 2 aromatic carbocycles. The highest BCUT2D eigenvalue weighted by Crippen LogP contribution is 2.35. The second-order valence-corrected chi connectivity index (χ2v) is 5.46. The predicted octanol–water partition coefficient (Wildman–Crippen LogP) is 3.83. The summed E-state index contributed by atoms with van der Waals surface area (Å²) in [5, 5.41) is 0. The summed E-state index contributed by atoms with van der Waals surface area (Å²) in [5.41, 5.74) is 9.75. The van der Waals surface area contributed by atoms with E-state index < -0.39 is 6.09 Å². The molecule has 1 aliphatic rings. The predicted molar refractivity (Wildman–Crippen MR) is 84.8 cm³/mol. The van der Waals surface area contributed by atoms with Crippen LogP contribution in [0.15, 0.2) is 42.5 Å². The smallest absolute Gasteiger partial charge is 0.405 e. The summed E-state index contributed by atoms with van der Waals surface area (Å²) in [4.78, 5) is 11.0. The number of methoxy groups -OCH3 is 1. The number of carbonyl (C=O) groups is 1. The summed E-state index contributed by atoms with van der Waals surface area (Å²) in [6.07, 6.45) is 1.90. The normalized spacial score (nSPS) is 16.7. The molecule has 0 aromatic heterocycles. The molecule has 4 heteroatoms. The number of amides is 1. The lowest BCUT2D eigenvalue weighted by atomic mass is 9.87. The van der Waals surface area contributed by atoms with Gasteiger partial charge in [0.2, 0.25) is 0 Å². The summed E-state index contributed by atoms with van der Waals surface area (Å²) in [5.74, 6) is 0.844. The molecule has 0 saturated heterocycles. The van der Waals surface area contributed by atoms with Gasteiger partial charge in [-0.05, 0) is 53.6 Å². The van der Waals surface area contributed by atoms with Crippen LogP contribution >= 0.6 is 0 Å². The maximum Gasteiger partial charge on any atom is 0.405 e.